The van der Waals surface area contributed by atoms with Gasteiger partial charge in [0, 0.05) is 43.9 Å². The van der Waals surface area contributed by atoms with Crippen LogP contribution in [-0.2, 0) is 11.2 Å². The molecule has 0 unspecified atom stereocenters. The van der Waals surface area contributed by atoms with E-state index in [1.165, 1.54) is 12.1 Å². The number of rotatable bonds is 7. The van der Waals surface area contributed by atoms with Crippen LogP contribution in [0.5, 0.6) is 5.75 Å². The number of aryl methyl sites for hydroxylation is 1. The van der Waals surface area contributed by atoms with Crippen LogP contribution in [0, 0.1) is 0 Å². The molecule has 1 saturated heterocycles. The van der Waals surface area contributed by atoms with E-state index >= 15 is 0 Å². The Morgan fingerprint density at radius 3 is 2.14 bits per heavy atom. The minimum Gasteiger partial charge on any atom is -0.435 e. The molecule has 1 fully saturated rings. The third-order valence-electron chi connectivity index (χ3n) is 4.93. The molecule has 8 heteroatoms. The van der Waals surface area contributed by atoms with Gasteiger partial charge in [0.15, 0.2) is 0 Å². The summed E-state index contributed by atoms with van der Waals surface area (Å²) >= 11 is 0. The number of nitrogens with two attached hydrogens (primary N) is 1. The molecule has 0 aromatic heterocycles. The number of primary amides is 1. The number of amides is 2. The predicted octanol–water partition coefficient (Wildman–Crippen LogP) is 2.67. The molecule has 2 amide bonds. The molecule has 6 nitrogen and oxygen atoms in total. The van der Waals surface area contributed by atoms with E-state index in [1.54, 1.807) is 24.3 Å². The van der Waals surface area contributed by atoms with Crippen molar-refractivity contribution in [2.45, 2.75) is 19.5 Å². The average molecular weight is 403 g/mol. The highest BCUT2D eigenvalue weighted by molar-refractivity contribution is 5.93. The molecule has 0 spiro atoms. The summed E-state index contributed by atoms with van der Waals surface area (Å²) in [5, 5.41) is 0. The average Bonchev–Trinajstić information content (AvgIpc) is 2.73. The number of hydrogen-bond donors (Lipinski definition) is 1. The number of carbonyl (C=O) groups is 2. The zero-order valence-corrected chi connectivity index (χ0v) is 15.9. The van der Waals surface area contributed by atoms with Crippen LogP contribution in [0.1, 0.15) is 22.3 Å². The van der Waals surface area contributed by atoms with Gasteiger partial charge in [-0.3, -0.25) is 9.59 Å². The van der Waals surface area contributed by atoms with Crippen LogP contribution in [0.15, 0.2) is 48.5 Å². The molecular formula is C21H23F2N3O3. The molecule has 2 aromatic carbocycles. The number of halogens is 2. The number of piperazine rings is 1. The van der Waals surface area contributed by atoms with Crippen molar-refractivity contribution < 1.29 is 23.1 Å². The minimum absolute atomic E-state index is 0.0710. The Balaban J connectivity index is 1.45. The van der Waals surface area contributed by atoms with E-state index in [1.807, 2.05) is 17.0 Å². The second-order valence-electron chi connectivity index (χ2n) is 6.80. The van der Waals surface area contributed by atoms with Crippen LogP contribution >= 0.6 is 0 Å². The molecule has 0 saturated carbocycles. The van der Waals surface area contributed by atoms with Gasteiger partial charge in [0.2, 0.25) is 11.8 Å². The van der Waals surface area contributed by atoms with Crippen molar-refractivity contribution in [2.24, 2.45) is 5.73 Å². The summed E-state index contributed by atoms with van der Waals surface area (Å²) in [6.45, 7) is -0.181. The van der Waals surface area contributed by atoms with Crippen LogP contribution < -0.4 is 15.4 Å². The van der Waals surface area contributed by atoms with E-state index in [2.05, 4.69) is 9.64 Å². The third kappa shape index (κ3) is 5.66. The summed E-state index contributed by atoms with van der Waals surface area (Å²) in [7, 11) is 0. The zero-order chi connectivity index (χ0) is 20.8. The van der Waals surface area contributed by atoms with Gasteiger partial charge in [-0.25, -0.2) is 0 Å². The van der Waals surface area contributed by atoms with Crippen molar-refractivity contribution in [3.63, 3.8) is 0 Å². The Kier molecular flexibility index (Phi) is 6.64. The Bertz CT molecular complexity index is 833. The number of nitrogens with zero attached hydrogens (tertiary/aromatic N) is 2. The second-order valence-corrected chi connectivity index (χ2v) is 6.80. The summed E-state index contributed by atoms with van der Waals surface area (Å²) in [6, 6.07) is 13.5. The first-order valence-corrected chi connectivity index (χ1v) is 9.39. The van der Waals surface area contributed by atoms with Crippen LogP contribution in [0.4, 0.5) is 14.5 Å². The highest BCUT2D eigenvalue weighted by Gasteiger charge is 2.21. The molecule has 0 aliphatic carbocycles. The van der Waals surface area contributed by atoms with Crippen molar-refractivity contribution in [2.75, 3.05) is 31.1 Å². The first kappa shape index (κ1) is 20.6. The fourth-order valence-electron chi connectivity index (χ4n) is 3.30. The lowest BCUT2D eigenvalue weighted by molar-refractivity contribution is -0.131. The highest BCUT2D eigenvalue weighted by atomic mass is 19.3. The topological polar surface area (TPSA) is 75.9 Å². The van der Waals surface area contributed by atoms with Crippen LogP contribution in [0.25, 0.3) is 0 Å². The highest BCUT2D eigenvalue weighted by Crippen LogP contribution is 2.19. The summed E-state index contributed by atoms with van der Waals surface area (Å²) in [5.41, 5.74) is 7.62. The monoisotopic (exact) mass is 403 g/mol. The molecule has 2 aromatic rings. The molecule has 3 rings (SSSR count). The van der Waals surface area contributed by atoms with Gasteiger partial charge in [-0.1, -0.05) is 12.1 Å². The van der Waals surface area contributed by atoms with E-state index < -0.39 is 12.5 Å². The lowest BCUT2D eigenvalue weighted by Crippen LogP contribution is -2.48. The molecule has 0 bridgehead atoms. The first-order chi connectivity index (χ1) is 13.9. The number of carbonyl (C=O) groups excluding carboxylic acids is 2. The van der Waals surface area contributed by atoms with Gasteiger partial charge in [0.05, 0.1) is 0 Å². The standard InChI is InChI=1S/C21H23F2N3O3/c22-21(23)29-18-8-1-15(2-9-18)3-10-19(27)26-13-11-25(12-14-26)17-6-4-16(5-7-17)20(24)28/h1-2,4-9,21H,3,10-14H2,(H2,24,28). The molecule has 1 heterocycles. The summed E-state index contributed by atoms with van der Waals surface area (Å²) in [5.74, 6) is -0.278. The SMILES string of the molecule is NC(=O)c1ccc(N2CCN(C(=O)CCc3ccc(OC(F)F)cc3)CC2)cc1. The largest absolute Gasteiger partial charge is 0.435 e. The molecule has 2 N–H and O–H groups in total. The van der Waals surface area contributed by atoms with Crippen LogP contribution in [0.3, 0.4) is 0 Å². The van der Waals surface area contributed by atoms with Gasteiger partial charge in [-0.05, 0) is 48.4 Å². The van der Waals surface area contributed by atoms with Gasteiger partial charge < -0.3 is 20.3 Å². The Labute approximate surface area is 167 Å². The number of alkyl halides is 2. The number of benzene rings is 2. The molecule has 1 aliphatic heterocycles. The molecule has 0 radical (unpaired) electrons. The van der Waals surface area contributed by atoms with Crippen molar-refractivity contribution in [1.82, 2.24) is 4.90 Å². The quantitative estimate of drug-likeness (QED) is 0.771. The van der Waals surface area contributed by atoms with Crippen molar-refractivity contribution in [3.05, 3.63) is 59.7 Å². The smallest absolute Gasteiger partial charge is 0.387 e. The van der Waals surface area contributed by atoms with Gasteiger partial charge in [-0.15, -0.1) is 0 Å². The maximum atomic E-state index is 12.5. The Morgan fingerprint density at radius 1 is 0.966 bits per heavy atom. The predicted molar refractivity (Wildman–Crippen MR) is 105 cm³/mol. The summed E-state index contributed by atoms with van der Waals surface area (Å²) in [6.07, 6.45) is 0.908. The minimum atomic E-state index is -2.85. The fourth-order valence-corrected chi connectivity index (χ4v) is 3.30. The Hall–Kier alpha value is -3.16. The normalized spacial score (nSPS) is 14.2. The van der Waals surface area contributed by atoms with Crippen molar-refractivity contribution in [1.29, 1.82) is 0 Å². The fraction of sp³-hybridized carbons (Fsp3) is 0.333. The van der Waals surface area contributed by atoms with E-state index in [-0.39, 0.29) is 11.7 Å². The maximum Gasteiger partial charge on any atom is 0.387 e. The Morgan fingerprint density at radius 2 is 1.59 bits per heavy atom. The van der Waals surface area contributed by atoms with Crippen molar-refractivity contribution >= 4 is 17.5 Å². The van der Waals surface area contributed by atoms with Gasteiger partial charge >= 0.3 is 6.61 Å². The first-order valence-electron chi connectivity index (χ1n) is 9.39. The van der Waals surface area contributed by atoms with E-state index in [0.29, 0.717) is 44.6 Å². The van der Waals surface area contributed by atoms with Crippen LogP contribution in [-0.4, -0.2) is 49.5 Å². The number of anilines is 1. The zero-order valence-electron chi connectivity index (χ0n) is 15.9. The van der Waals surface area contributed by atoms with E-state index in [4.69, 9.17) is 5.73 Å². The number of hydrogen-bond acceptors (Lipinski definition) is 4. The molecule has 154 valence electrons. The van der Waals surface area contributed by atoms with E-state index in [9.17, 15) is 18.4 Å². The van der Waals surface area contributed by atoms with E-state index in [0.717, 1.165) is 11.3 Å². The third-order valence-corrected chi connectivity index (χ3v) is 4.93. The molecule has 0 atom stereocenters. The molecule has 29 heavy (non-hydrogen) atoms. The van der Waals surface area contributed by atoms with Crippen LogP contribution in [0.2, 0.25) is 0 Å². The lowest BCUT2D eigenvalue weighted by atomic mass is 10.1. The molecular weight excluding hydrogens is 380 g/mol. The van der Waals surface area contributed by atoms with Gasteiger partial charge in [0.25, 0.3) is 0 Å². The number of ether oxygens (including phenoxy) is 1. The summed E-state index contributed by atoms with van der Waals surface area (Å²) < 4.78 is 28.7. The van der Waals surface area contributed by atoms with Crippen molar-refractivity contribution in [3.8, 4) is 5.75 Å². The lowest BCUT2D eigenvalue weighted by Gasteiger charge is -2.36. The summed E-state index contributed by atoms with van der Waals surface area (Å²) in [4.78, 5) is 27.6. The van der Waals surface area contributed by atoms with Gasteiger partial charge in [0.1, 0.15) is 5.75 Å². The second kappa shape index (κ2) is 9.36. The maximum absolute atomic E-state index is 12.5. The molecule has 1 aliphatic rings. The van der Waals surface area contributed by atoms with Gasteiger partial charge in [-0.2, -0.15) is 8.78 Å².